The van der Waals surface area contributed by atoms with Crippen LogP contribution in [0.15, 0.2) is 28.9 Å². The highest BCUT2D eigenvalue weighted by molar-refractivity contribution is 9.10. The van der Waals surface area contributed by atoms with Gasteiger partial charge in [-0.3, -0.25) is 0 Å². The molecule has 0 amide bonds. The van der Waals surface area contributed by atoms with Crippen molar-refractivity contribution in [2.75, 3.05) is 6.61 Å². The van der Waals surface area contributed by atoms with Crippen LogP contribution < -0.4 is 5.73 Å². The maximum atomic E-state index is 9.10. The van der Waals surface area contributed by atoms with Crippen molar-refractivity contribution in [2.45, 2.75) is 6.04 Å². The fourth-order valence-electron chi connectivity index (χ4n) is 1.81. The topological polar surface area (TPSA) is 51.2 Å². The number of benzene rings is 1. The van der Waals surface area contributed by atoms with E-state index in [4.69, 9.17) is 10.8 Å². The second-order valence-corrected chi connectivity index (χ2v) is 4.47. The van der Waals surface area contributed by atoms with E-state index in [1.54, 1.807) is 0 Å². The van der Waals surface area contributed by atoms with Gasteiger partial charge in [-0.25, -0.2) is 0 Å². The number of aliphatic hydroxyl groups is 1. The summed E-state index contributed by atoms with van der Waals surface area (Å²) in [7, 11) is 1.97. The number of nitrogens with zero attached hydrogens (tertiary/aromatic N) is 1. The van der Waals surface area contributed by atoms with Gasteiger partial charge in [-0.05, 0) is 17.7 Å². The van der Waals surface area contributed by atoms with Gasteiger partial charge >= 0.3 is 0 Å². The maximum absolute atomic E-state index is 9.10. The van der Waals surface area contributed by atoms with Crippen LogP contribution in [0.2, 0.25) is 0 Å². The van der Waals surface area contributed by atoms with Gasteiger partial charge in [0.1, 0.15) is 0 Å². The Balaban J connectivity index is 2.75. The van der Waals surface area contributed by atoms with Crippen LogP contribution in [-0.4, -0.2) is 16.3 Å². The van der Waals surface area contributed by atoms with E-state index in [0.717, 1.165) is 20.9 Å². The third-order valence-corrected chi connectivity index (χ3v) is 3.25. The van der Waals surface area contributed by atoms with Crippen molar-refractivity contribution in [3.8, 4) is 0 Å². The predicted octanol–water partition coefficient (Wildman–Crippen LogP) is 1.93. The SMILES string of the molecule is Cn1cc(C(N)CO)c2c(Br)cccc21. The molecule has 0 aliphatic heterocycles. The largest absolute Gasteiger partial charge is 0.394 e. The number of nitrogens with two attached hydrogens (primary N) is 1. The highest BCUT2D eigenvalue weighted by Gasteiger charge is 2.14. The molecule has 1 heterocycles. The smallest absolute Gasteiger partial charge is 0.0625 e. The van der Waals surface area contributed by atoms with E-state index in [0.29, 0.717) is 0 Å². The molecule has 3 N–H and O–H groups in total. The Labute approximate surface area is 96.6 Å². The molecule has 1 aromatic carbocycles. The lowest BCUT2D eigenvalue weighted by Crippen LogP contribution is -2.13. The second kappa shape index (κ2) is 3.96. The highest BCUT2D eigenvalue weighted by Crippen LogP contribution is 2.31. The van der Waals surface area contributed by atoms with Crippen LogP contribution in [0.3, 0.4) is 0 Å². The predicted molar refractivity (Wildman–Crippen MR) is 64.6 cm³/mol. The summed E-state index contributed by atoms with van der Waals surface area (Å²) in [6, 6.07) is 5.68. The zero-order chi connectivity index (χ0) is 11.0. The van der Waals surface area contributed by atoms with E-state index >= 15 is 0 Å². The standard InChI is InChI=1S/C11H13BrN2O/c1-14-5-7(9(13)6-15)11-8(12)3-2-4-10(11)14/h2-5,9,15H,6,13H2,1H3. The van der Waals surface area contributed by atoms with Gasteiger partial charge in [-0.2, -0.15) is 0 Å². The number of hydrogen-bond donors (Lipinski definition) is 2. The number of fused-ring (bicyclic) bond motifs is 1. The molecule has 15 heavy (non-hydrogen) atoms. The van der Waals surface area contributed by atoms with E-state index in [-0.39, 0.29) is 12.6 Å². The first-order valence-corrected chi connectivity index (χ1v) is 5.54. The Morgan fingerprint density at radius 2 is 2.27 bits per heavy atom. The first-order valence-electron chi connectivity index (χ1n) is 4.75. The van der Waals surface area contributed by atoms with Crippen LogP contribution in [-0.2, 0) is 7.05 Å². The average Bonchev–Trinajstić information content (AvgIpc) is 2.57. The lowest BCUT2D eigenvalue weighted by molar-refractivity contribution is 0.268. The molecule has 0 spiro atoms. The van der Waals surface area contributed by atoms with Crippen molar-refractivity contribution in [1.29, 1.82) is 0 Å². The van der Waals surface area contributed by atoms with E-state index in [9.17, 15) is 0 Å². The molecular formula is C11H13BrN2O. The normalized spacial score (nSPS) is 13.3. The van der Waals surface area contributed by atoms with E-state index in [2.05, 4.69) is 15.9 Å². The van der Waals surface area contributed by atoms with Crippen molar-refractivity contribution in [3.63, 3.8) is 0 Å². The zero-order valence-electron chi connectivity index (χ0n) is 8.44. The van der Waals surface area contributed by atoms with E-state index in [1.807, 2.05) is 36.0 Å². The van der Waals surface area contributed by atoms with Crippen LogP contribution in [0.25, 0.3) is 10.9 Å². The van der Waals surface area contributed by atoms with Gasteiger partial charge in [0.15, 0.2) is 0 Å². The Kier molecular flexibility index (Phi) is 2.82. The summed E-state index contributed by atoms with van der Waals surface area (Å²) in [6.07, 6.45) is 1.97. The molecule has 1 aromatic heterocycles. The third kappa shape index (κ3) is 1.69. The molecule has 3 nitrogen and oxygen atoms in total. The minimum absolute atomic E-state index is 0.0412. The van der Waals surface area contributed by atoms with Gasteiger partial charge in [0.2, 0.25) is 0 Å². The molecule has 0 fully saturated rings. The van der Waals surface area contributed by atoms with Gasteiger partial charge in [-0.1, -0.05) is 22.0 Å². The van der Waals surface area contributed by atoms with E-state index < -0.39 is 0 Å². The molecule has 0 aliphatic carbocycles. The van der Waals surface area contributed by atoms with Crippen LogP contribution >= 0.6 is 15.9 Å². The Bertz CT molecular complexity index is 493. The first-order chi connectivity index (χ1) is 7.15. The molecule has 2 aromatic rings. The summed E-state index contributed by atoms with van der Waals surface area (Å²) in [5, 5.41) is 10.2. The van der Waals surface area contributed by atoms with E-state index in [1.165, 1.54) is 0 Å². The van der Waals surface area contributed by atoms with Crippen molar-refractivity contribution in [2.24, 2.45) is 12.8 Å². The van der Waals surface area contributed by atoms with Gasteiger partial charge < -0.3 is 15.4 Å². The second-order valence-electron chi connectivity index (χ2n) is 3.62. The van der Waals surface area contributed by atoms with Crippen LogP contribution in [0.4, 0.5) is 0 Å². The minimum atomic E-state index is -0.326. The molecule has 2 rings (SSSR count). The Morgan fingerprint density at radius 3 is 2.93 bits per heavy atom. The molecule has 0 saturated heterocycles. The summed E-state index contributed by atoms with van der Waals surface area (Å²) in [4.78, 5) is 0. The molecule has 1 unspecified atom stereocenters. The summed E-state index contributed by atoms with van der Waals surface area (Å²) < 4.78 is 3.03. The molecule has 0 radical (unpaired) electrons. The fourth-order valence-corrected chi connectivity index (χ4v) is 2.40. The van der Waals surface area contributed by atoms with Gasteiger partial charge in [-0.15, -0.1) is 0 Å². The number of aliphatic hydroxyl groups excluding tert-OH is 1. The maximum Gasteiger partial charge on any atom is 0.0625 e. The molecule has 4 heteroatoms. The molecule has 0 saturated carbocycles. The number of aromatic nitrogens is 1. The minimum Gasteiger partial charge on any atom is -0.394 e. The van der Waals surface area contributed by atoms with Crippen LogP contribution in [0.5, 0.6) is 0 Å². The number of aryl methyl sites for hydroxylation is 1. The number of halogens is 1. The lowest BCUT2D eigenvalue weighted by atomic mass is 10.1. The van der Waals surface area contributed by atoms with Crippen molar-refractivity contribution in [1.82, 2.24) is 4.57 Å². The van der Waals surface area contributed by atoms with Crippen molar-refractivity contribution in [3.05, 3.63) is 34.4 Å². The lowest BCUT2D eigenvalue weighted by Gasteiger charge is -2.06. The molecule has 0 aliphatic rings. The van der Waals surface area contributed by atoms with Gasteiger partial charge in [0.25, 0.3) is 0 Å². The summed E-state index contributed by atoms with van der Waals surface area (Å²) >= 11 is 3.51. The molecule has 1 atom stereocenters. The van der Waals surface area contributed by atoms with Gasteiger partial charge in [0.05, 0.1) is 12.6 Å². The number of hydrogen-bond acceptors (Lipinski definition) is 2. The monoisotopic (exact) mass is 268 g/mol. The summed E-state index contributed by atoms with van der Waals surface area (Å²) in [5.41, 5.74) is 7.95. The van der Waals surface area contributed by atoms with Crippen LogP contribution in [0, 0.1) is 0 Å². The molecule has 0 bridgehead atoms. The van der Waals surface area contributed by atoms with Gasteiger partial charge in [0, 0.05) is 28.6 Å². The zero-order valence-corrected chi connectivity index (χ0v) is 10.0. The highest BCUT2D eigenvalue weighted by atomic mass is 79.9. The number of rotatable bonds is 2. The average molecular weight is 269 g/mol. The Hall–Kier alpha value is -0.840. The third-order valence-electron chi connectivity index (χ3n) is 2.59. The molecular weight excluding hydrogens is 256 g/mol. The summed E-state index contributed by atoms with van der Waals surface area (Å²) in [6.45, 7) is -0.0412. The fraction of sp³-hybridized carbons (Fsp3) is 0.273. The first kappa shape index (κ1) is 10.7. The molecule has 80 valence electrons. The summed E-state index contributed by atoms with van der Waals surface area (Å²) in [5.74, 6) is 0. The quantitative estimate of drug-likeness (QED) is 0.875. The van der Waals surface area contributed by atoms with Crippen molar-refractivity contribution >= 4 is 26.8 Å². The Morgan fingerprint density at radius 1 is 1.53 bits per heavy atom. The van der Waals surface area contributed by atoms with Crippen LogP contribution in [0.1, 0.15) is 11.6 Å². The van der Waals surface area contributed by atoms with Crippen molar-refractivity contribution < 1.29 is 5.11 Å².